The Balaban J connectivity index is 1.23. The number of benzene rings is 1. The van der Waals surface area contributed by atoms with E-state index < -0.39 is 0 Å². The number of Topliss-reactive ketones (excluding diaryl/α,β-unsaturated/α-hetero) is 1. The minimum Gasteiger partial charge on any atom is -0.488 e. The van der Waals surface area contributed by atoms with Crippen LogP contribution in [0.15, 0.2) is 27.8 Å². The number of hydrogen-bond donors (Lipinski definition) is 1. The van der Waals surface area contributed by atoms with Crippen molar-refractivity contribution in [1.82, 2.24) is 10.3 Å². The summed E-state index contributed by atoms with van der Waals surface area (Å²) < 4.78 is 11.9. The topological polar surface area (TPSA) is 80.2 Å². The van der Waals surface area contributed by atoms with E-state index in [0.717, 1.165) is 44.5 Å². The van der Waals surface area contributed by atoms with Crippen molar-refractivity contribution in [1.29, 1.82) is 0 Å². The van der Waals surface area contributed by atoms with Crippen LogP contribution in [0.2, 0.25) is 5.02 Å². The molecule has 1 spiro atoms. The van der Waals surface area contributed by atoms with Gasteiger partial charge in [0.15, 0.2) is 23.6 Å². The predicted octanol–water partition coefficient (Wildman–Crippen LogP) is 3.83. The van der Waals surface area contributed by atoms with E-state index in [1.165, 1.54) is 0 Å². The zero-order chi connectivity index (χ0) is 22.7. The van der Waals surface area contributed by atoms with Crippen LogP contribution < -0.4 is 14.9 Å². The fraction of sp³-hybridized carbons (Fsp3) is 0.522. The molecule has 4 rings (SSSR count). The lowest BCUT2D eigenvalue weighted by Gasteiger charge is -2.58. The zero-order valence-corrected chi connectivity index (χ0v) is 19.5. The summed E-state index contributed by atoms with van der Waals surface area (Å²) in [5, 5.41) is 4.58. The first-order chi connectivity index (χ1) is 15.4. The normalized spacial score (nSPS) is 20.8. The second-order valence-corrected chi connectivity index (χ2v) is 9.52. The molecule has 9 heteroatoms. The maximum atomic E-state index is 12.2. The van der Waals surface area contributed by atoms with Gasteiger partial charge in [-0.2, -0.15) is 5.10 Å². The SMILES string of the molecule is CN/N=C\C(CCCN1CC2(CC(Oc3ccc(Cl)c4c3OCCC4=O)C2)C1)=C(\Cl)C=O. The third kappa shape index (κ3) is 4.80. The van der Waals surface area contributed by atoms with E-state index >= 15 is 0 Å². The Kier molecular flexibility index (Phi) is 7.08. The largest absolute Gasteiger partial charge is 0.488 e. The Labute approximate surface area is 197 Å². The van der Waals surface area contributed by atoms with E-state index in [4.69, 9.17) is 32.7 Å². The summed E-state index contributed by atoms with van der Waals surface area (Å²) in [4.78, 5) is 25.6. The van der Waals surface area contributed by atoms with Crippen molar-refractivity contribution in [2.75, 3.05) is 33.3 Å². The van der Waals surface area contributed by atoms with Gasteiger partial charge in [-0.3, -0.25) is 9.59 Å². The molecular weight excluding hydrogens is 453 g/mol. The van der Waals surface area contributed by atoms with Crippen LogP contribution in [0.1, 0.15) is 42.5 Å². The van der Waals surface area contributed by atoms with E-state index in [-0.39, 0.29) is 16.9 Å². The smallest absolute Gasteiger partial charge is 0.173 e. The van der Waals surface area contributed by atoms with E-state index in [1.54, 1.807) is 25.4 Å². The second-order valence-electron chi connectivity index (χ2n) is 8.71. The number of ether oxygens (including phenoxy) is 2. The first kappa shape index (κ1) is 23.1. The highest BCUT2D eigenvalue weighted by atomic mass is 35.5. The Morgan fingerprint density at radius 3 is 2.91 bits per heavy atom. The lowest BCUT2D eigenvalue weighted by Crippen LogP contribution is -2.64. The molecule has 1 aliphatic carbocycles. The molecule has 0 aromatic heterocycles. The van der Waals surface area contributed by atoms with Crippen LogP contribution in [0.25, 0.3) is 0 Å². The molecule has 1 N–H and O–H groups in total. The highest BCUT2D eigenvalue weighted by Gasteiger charge is 2.53. The molecule has 2 fully saturated rings. The summed E-state index contributed by atoms with van der Waals surface area (Å²) >= 11 is 12.2. The Morgan fingerprint density at radius 1 is 1.41 bits per heavy atom. The number of hydrazone groups is 1. The van der Waals surface area contributed by atoms with Gasteiger partial charge in [0.1, 0.15) is 6.10 Å². The van der Waals surface area contributed by atoms with E-state index in [0.29, 0.717) is 53.2 Å². The van der Waals surface area contributed by atoms with Gasteiger partial charge in [-0.05, 0) is 49.9 Å². The molecule has 2 aliphatic heterocycles. The van der Waals surface area contributed by atoms with Gasteiger partial charge < -0.3 is 19.8 Å². The molecule has 0 amide bonds. The molecule has 7 nitrogen and oxygen atoms in total. The molecule has 0 bridgehead atoms. The van der Waals surface area contributed by atoms with Gasteiger partial charge in [-0.15, -0.1) is 0 Å². The van der Waals surface area contributed by atoms with Gasteiger partial charge in [-0.1, -0.05) is 23.2 Å². The van der Waals surface area contributed by atoms with Crippen molar-refractivity contribution >= 4 is 41.5 Å². The molecule has 0 unspecified atom stereocenters. The van der Waals surface area contributed by atoms with Crippen LogP contribution in [-0.2, 0) is 4.79 Å². The molecule has 172 valence electrons. The first-order valence-corrected chi connectivity index (χ1v) is 11.6. The molecule has 2 heterocycles. The maximum absolute atomic E-state index is 12.2. The number of allylic oxidation sites excluding steroid dienone is 2. The third-order valence-corrected chi connectivity index (χ3v) is 6.99. The van der Waals surface area contributed by atoms with Gasteiger partial charge >= 0.3 is 0 Å². The lowest BCUT2D eigenvalue weighted by molar-refractivity contribution is -0.119. The predicted molar refractivity (Wildman–Crippen MR) is 124 cm³/mol. The average Bonchev–Trinajstić information content (AvgIpc) is 2.73. The fourth-order valence-corrected chi connectivity index (χ4v) is 5.25. The van der Waals surface area contributed by atoms with Gasteiger partial charge in [0, 0.05) is 32.0 Å². The van der Waals surface area contributed by atoms with Crippen molar-refractivity contribution in [2.45, 2.75) is 38.2 Å². The highest BCUT2D eigenvalue weighted by molar-refractivity contribution is 6.40. The lowest BCUT2D eigenvalue weighted by atomic mass is 9.61. The first-order valence-electron chi connectivity index (χ1n) is 10.9. The van der Waals surface area contributed by atoms with Crippen LogP contribution >= 0.6 is 23.2 Å². The van der Waals surface area contributed by atoms with E-state index in [9.17, 15) is 9.59 Å². The molecule has 0 radical (unpaired) electrons. The summed E-state index contributed by atoms with van der Waals surface area (Å²) in [7, 11) is 1.70. The second kappa shape index (κ2) is 9.81. The van der Waals surface area contributed by atoms with Crippen molar-refractivity contribution in [2.24, 2.45) is 10.5 Å². The van der Waals surface area contributed by atoms with E-state index in [1.807, 2.05) is 0 Å². The van der Waals surface area contributed by atoms with Crippen molar-refractivity contribution in [3.05, 3.63) is 33.3 Å². The Bertz CT molecular complexity index is 949. The Morgan fingerprint density at radius 2 is 2.19 bits per heavy atom. The molecule has 0 atom stereocenters. The quantitative estimate of drug-likeness (QED) is 0.251. The molecule has 3 aliphatic rings. The van der Waals surface area contributed by atoms with Crippen LogP contribution in [0, 0.1) is 5.41 Å². The third-order valence-electron chi connectivity index (χ3n) is 6.34. The number of rotatable bonds is 9. The number of aldehydes is 1. The van der Waals surface area contributed by atoms with Crippen molar-refractivity contribution in [3.8, 4) is 11.5 Å². The van der Waals surface area contributed by atoms with Gasteiger partial charge in [0.05, 0.1) is 28.4 Å². The molecular formula is C23H27Cl2N3O4. The summed E-state index contributed by atoms with van der Waals surface area (Å²) in [6.45, 7) is 3.41. The van der Waals surface area contributed by atoms with E-state index in [2.05, 4.69) is 15.4 Å². The number of likely N-dealkylation sites (tertiary alicyclic amines) is 1. The number of hydrogen-bond acceptors (Lipinski definition) is 7. The zero-order valence-electron chi connectivity index (χ0n) is 18.0. The average molecular weight is 480 g/mol. The summed E-state index contributed by atoms with van der Waals surface area (Å²) in [5.74, 6) is 1.11. The molecule has 1 saturated heterocycles. The monoisotopic (exact) mass is 479 g/mol. The molecule has 1 aromatic carbocycles. The molecule has 1 aromatic rings. The minimum atomic E-state index is 0.00563. The van der Waals surface area contributed by atoms with Crippen LogP contribution in [-0.4, -0.2) is 62.6 Å². The highest BCUT2D eigenvalue weighted by Crippen LogP contribution is 2.51. The maximum Gasteiger partial charge on any atom is 0.173 e. The van der Waals surface area contributed by atoms with Crippen LogP contribution in [0.4, 0.5) is 0 Å². The molecule has 1 saturated carbocycles. The minimum absolute atomic E-state index is 0.00563. The van der Waals surface area contributed by atoms with Crippen molar-refractivity contribution in [3.63, 3.8) is 0 Å². The van der Waals surface area contributed by atoms with Crippen LogP contribution in [0.3, 0.4) is 0 Å². The van der Waals surface area contributed by atoms with Gasteiger partial charge in [0.25, 0.3) is 0 Å². The number of ketones is 1. The number of nitrogens with one attached hydrogen (secondary N) is 1. The fourth-order valence-electron chi connectivity index (χ4n) is 4.85. The molecule has 32 heavy (non-hydrogen) atoms. The number of halogens is 2. The van der Waals surface area contributed by atoms with Gasteiger partial charge in [0.2, 0.25) is 0 Å². The number of carbonyl (C=O) groups is 2. The summed E-state index contributed by atoms with van der Waals surface area (Å²) in [6, 6.07) is 3.51. The summed E-state index contributed by atoms with van der Waals surface area (Å²) in [6.07, 6.45) is 6.34. The van der Waals surface area contributed by atoms with Gasteiger partial charge in [-0.25, -0.2) is 0 Å². The number of carbonyl (C=O) groups excluding carboxylic acids is 2. The number of fused-ring (bicyclic) bond motifs is 1. The Hall–Kier alpha value is -2.09. The van der Waals surface area contributed by atoms with Crippen LogP contribution in [0.5, 0.6) is 11.5 Å². The standard InChI is InChI=1S/C23H27Cl2N3O4/c1-26-27-11-15(18(25)12-29)3-2-7-28-13-23(14-28)9-16(10-23)32-20-5-4-17(24)21-19(30)6-8-31-22(20)21/h4-5,11-12,16,26H,2-3,6-10,13-14H2,1H3/b18-15+,27-11-. The summed E-state index contributed by atoms with van der Waals surface area (Å²) in [5.41, 5.74) is 4.19. The van der Waals surface area contributed by atoms with Crippen molar-refractivity contribution < 1.29 is 19.1 Å². The number of nitrogens with zero attached hydrogens (tertiary/aromatic N) is 2.